The maximum absolute atomic E-state index is 12.0. The van der Waals surface area contributed by atoms with Crippen LogP contribution in [0.3, 0.4) is 0 Å². The molecule has 6 heteroatoms. The molecule has 27 heavy (non-hydrogen) atoms. The Balaban J connectivity index is 1.61. The second-order valence-corrected chi connectivity index (χ2v) is 6.41. The lowest BCUT2D eigenvalue weighted by molar-refractivity contribution is -0.123. The highest BCUT2D eigenvalue weighted by atomic mass is 16.5. The van der Waals surface area contributed by atoms with Crippen LogP contribution in [0.25, 0.3) is 11.0 Å². The number of amides is 1. The monoisotopic (exact) mass is 366 g/mol. The molecule has 0 unspecified atom stereocenters. The van der Waals surface area contributed by atoms with Crippen LogP contribution in [0.1, 0.15) is 29.3 Å². The minimum absolute atomic E-state index is 0.124. The molecule has 0 aliphatic rings. The summed E-state index contributed by atoms with van der Waals surface area (Å²) in [7, 11) is 0. The summed E-state index contributed by atoms with van der Waals surface area (Å²) in [5, 5.41) is 3.67. The Morgan fingerprint density at radius 3 is 2.78 bits per heavy atom. The average Bonchev–Trinajstić information content (AvgIpc) is 2.66. The van der Waals surface area contributed by atoms with Crippen molar-refractivity contribution >= 4 is 16.9 Å². The third-order valence-electron chi connectivity index (χ3n) is 4.44. The Kier molecular flexibility index (Phi) is 5.54. The van der Waals surface area contributed by atoms with Crippen molar-refractivity contribution in [3.8, 4) is 5.75 Å². The normalized spacial score (nSPS) is 10.8. The van der Waals surface area contributed by atoms with Gasteiger partial charge in [0, 0.05) is 36.0 Å². The highest BCUT2D eigenvalue weighted by Crippen LogP contribution is 2.23. The fourth-order valence-corrected chi connectivity index (χ4v) is 2.79. The lowest BCUT2D eigenvalue weighted by Gasteiger charge is -2.09. The first kappa shape index (κ1) is 18.6. The predicted octanol–water partition coefficient (Wildman–Crippen LogP) is 3.06. The number of nitrogens with zero attached hydrogens (tertiary/aromatic N) is 1. The summed E-state index contributed by atoms with van der Waals surface area (Å²) >= 11 is 0. The van der Waals surface area contributed by atoms with Gasteiger partial charge in [-0.05, 0) is 49.1 Å². The number of carbonyl (C=O) groups excluding carboxylic acids is 1. The molecule has 140 valence electrons. The smallest absolute Gasteiger partial charge is 0.336 e. The van der Waals surface area contributed by atoms with E-state index in [1.807, 2.05) is 32.9 Å². The summed E-state index contributed by atoms with van der Waals surface area (Å²) < 4.78 is 10.8. The molecular formula is C21H22N2O4. The Bertz CT molecular complexity index is 1040. The molecule has 0 aliphatic heterocycles. The third-order valence-corrected chi connectivity index (χ3v) is 4.44. The van der Waals surface area contributed by atoms with Crippen LogP contribution in [0.4, 0.5) is 0 Å². The quantitative estimate of drug-likeness (QED) is 0.678. The Morgan fingerprint density at radius 1 is 1.22 bits per heavy atom. The van der Waals surface area contributed by atoms with Gasteiger partial charge in [-0.1, -0.05) is 13.0 Å². The lowest BCUT2D eigenvalue weighted by Crippen LogP contribution is -2.28. The van der Waals surface area contributed by atoms with Crippen LogP contribution >= 0.6 is 0 Å². The Morgan fingerprint density at radius 2 is 2.04 bits per heavy atom. The van der Waals surface area contributed by atoms with E-state index < -0.39 is 5.63 Å². The summed E-state index contributed by atoms with van der Waals surface area (Å²) in [5.74, 6) is 0.235. The molecule has 0 saturated carbocycles. The van der Waals surface area contributed by atoms with Crippen molar-refractivity contribution in [2.24, 2.45) is 0 Å². The van der Waals surface area contributed by atoms with Gasteiger partial charge >= 0.3 is 5.63 Å². The molecule has 1 N–H and O–H groups in total. The van der Waals surface area contributed by atoms with Gasteiger partial charge in [0.1, 0.15) is 11.3 Å². The van der Waals surface area contributed by atoms with Crippen molar-refractivity contribution in [1.82, 2.24) is 10.3 Å². The molecule has 6 nitrogen and oxygen atoms in total. The molecule has 0 fully saturated rings. The van der Waals surface area contributed by atoms with Crippen LogP contribution in [0.5, 0.6) is 5.75 Å². The van der Waals surface area contributed by atoms with E-state index in [0.29, 0.717) is 17.9 Å². The van der Waals surface area contributed by atoms with E-state index in [4.69, 9.17) is 9.15 Å². The fourth-order valence-electron chi connectivity index (χ4n) is 2.79. The van der Waals surface area contributed by atoms with Gasteiger partial charge < -0.3 is 14.5 Å². The zero-order valence-corrected chi connectivity index (χ0v) is 15.7. The van der Waals surface area contributed by atoms with Crippen molar-refractivity contribution in [1.29, 1.82) is 0 Å². The molecule has 0 saturated heterocycles. The van der Waals surface area contributed by atoms with Gasteiger partial charge in [-0.15, -0.1) is 0 Å². The van der Waals surface area contributed by atoms with Crippen LogP contribution < -0.4 is 15.7 Å². The van der Waals surface area contributed by atoms with Crippen molar-refractivity contribution in [3.05, 3.63) is 69.3 Å². The number of carbonyl (C=O) groups is 1. The minimum atomic E-state index is -0.392. The van der Waals surface area contributed by atoms with Gasteiger partial charge in [0.15, 0.2) is 6.61 Å². The summed E-state index contributed by atoms with van der Waals surface area (Å²) in [6, 6.07) is 8.74. The summed E-state index contributed by atoms with van der Waals surface area (Å²) in [4.78, 5) is 27.9. The van der Waals surface area contributed by atoms with Crippen LogP contribution in [0.15, 0.2) is 45.7 Å². The second-order valence-electron chi connectivity index (χ2n) is 6.41. The van der Waals surface area contributed by atoms with E-state index in [1.165, 1.54) is 6.07 Å². The van der Waals surface area contributed by atoms with Gasteiger partial charge in [0.05, 0.1) is 0 Å². The highest BCUT2D eigenvalue weighted by molar-refractivity contribution is 5.82. The minimum Gasteiger partial charge on any atom is -0.484 e. The molecule has 0 bridgehead atoms. The maximum atomic E-state index is 12.0. The number of hydrogen-bond donors (Lipinski definition) is 1. The van der Waals surface area contributed by atoms with Gasteiger partial charge in [-0.25, -0.2) is 4.79 Å². The first-order valence-electron chi connectivity index (χ1n) is 8.84. The van der Waals surface area contributed by atoms with E-state index in [2.05, 4.69) is 10.3 Å². The molecule has 3 aromatic rings. The molecule has 2 aromatic heterocycles. The zero-order valence-electron chi connectivity index (χ0n) is 15.7. The highest BCUT2D eigenvalue weighted by Gasteiger charge is 2.08. The van der Waals surface area contributed by atoms with Crippen molar-refractivity contribution in [3.63, 3.8) is 0 Å². The zero-order chi connectivity index (χ0) is 19.4. The summed E-state index contributed by atoms with van der Waals surface area (Å²) in [5.41, 5.74) is 3.98. The summed E-state index contributed by atoms with van der Waals surface area (Å²) in [6.07, 6.45) is 2.48. The van der Waals surface area contributed by atoms with Gasteiger partial charge in [-0.2, -0.15) is 0 Å². The van der Waals surface area contributed by atoms with E-state index in [0.717, 1.165) is 34.2 Å². The van der Waals surface area contributed by atoms with Crippen LogP contribution in [0, 0.1) is 13.8 Å². The number of hydrogen-bond acceptors (Lipinski definition) is 5. The van der Waals surface area contributed by atoms with Crippen molar-refractivity contribution in [2.75, 3.05) is 6.61 Å². The molecule has 3 rings (SSSR count). The van der Waals surface area contributed by atoms with Crippen LogP contribution in [-0.2, 0) is 17.8 Å². The molecular weight excluding hydrogens is 344 g/mol. The van der Waals surface area contributed by atoms with Gasteiger partial charge in [0.25, 0.3) is 5.91 Å². The number of pyridine rings is 1. The SMILES string of the molecule is CCc1cc(=O)oc2cc(OCC(=O)NCc3cnc(C)c(C)c3)ccc12. The van der Waals surface area contributed by atoms with E-state index in [-0.39, 0.29) is 12.5 Å². The molecule has 0 aliphatic carbocycles. The standard InChI is InChI=1S/C21H22N2O4/c1-4-16-8-21(25)27-19-9-17(5-6-18(16)19)26-12-20(24)23-11-15-7-13(2)14(3)22-10-15/h5-10H,4,11-12H2,1-3H3,(H,23,24). The second kappa shape index (κ2) is 8.03. The van der Waals surface area contributed by atoms with Crippen molar-refractivity contribution < 1.29 is 13.9 Å². The Hall–Kier alpha value is -3.15. The fraction of sp³-hybridized carbons (Fsp3) is 0.286. The third kappa shape index (κ3) is 4.53. The van der Waals surface area contributed by atoms with Crippen LogP contribution in [0.2, 0.25) is 0 Å². The van der Waals surface area contributed by atoms with Gasteiger partial charge in [-0.3, -0.25) is 9.78 Å². The Labute approximate surface area is 157 Å². The molecule has 2 heterocycles. The number of fused-ring (bicyclic) bond motifs is 1. The van der Waals surface area contributed by atoms with Gasteiger partial charge in [0.2, 0.25) is 0 Å². The largest absolute Gasteiger partial charge is 0.484 e. The number of nitrogens with one attached hydrogen (secondary N) is 1. The summed E-state index contributed by atoms with van der Waals surface area (Å²) in [6.45, 7) is 6.18. The number of aryl methyl sites for hydroxylation is 3. The van der Waals surface area contributed by atoms with Crippen LogP contribution in [-0.4, -0.2) is 17.5 Å². The van der Waals surface area contributed by atoms with E-state index in [1.54, 1.807) is 18.3 Å². The maximum Gasteiger partial charge on any atom is 0.336 e. The number of rotatable bonds is 6. The molecule has 0 spiro atoms. The number of benzene rings is 1. The number of ether oxygens (including phenoxy) is 1. The average molecular weight is 366 g/mol. The van der Waals surface area contributed by atoms with E-state index >= 15 is 0 Å². The molecule has 1 aromatic carbocycles. The molecule has 0 atom stereocenters. The first-order valence-corrected chi connectivity index (χ1v) is 8.84. The molecule has 1 amide bonds. The van der Waals surface area contributed by atoms with E-state index in [9.17, 15) is 9.59 Å². The first-order chi connectivity index (χ1) is 13.0. The topological polar surface area (TPSA) is 81.4 Å². The predicted molar refractivity (Wildman–Crippen MR) is 103 cm³/mol. The van der Waals surface area contributed by atoms with Crippen molar-refractivity contribution in [2.45, 2.75) is 33.7 Å². The lowest BCUT2D eigenvalue weighted by atomic mass is 10.1. The molecule has 0 radical (unpaired) electrons. The number of aromatic nitrogens is 1.